The van der Waals surface area contributed by atoms with E-state index in [0.717, 1.165) is 22.5 Å². The molecule has 0 aliphatic carbocycles. The van der Waals surface area contributed by atoms with Crippen LogP contribution in [0.2, 0.25) is 0 Å². The van der Waals surface area contributed by atoms with Crippen LogP contribution in [0.15, 0.2) is 158 Å². The Morgan fingerprint density at radius 3 is 2.07 bits per heavy atom. The molecule has 8 aromatic rings. The van der Waals surface area contributed by atoms with Crippen molar-refractivity contribution in [3.05, 3.63) is 181 Å². The van der Waals surface area contributed by atoms with Gasteiger partial charge in [-0.15, -0.1) is 59.2 Å². The summed E-state index contributed by atoms with van der Waals surface area (Å²) in [5, 5.41) is 2.59. The van der Waals surface area contributed by atoms with Gasteiger partial charge in [-0.05, 0) is 56.4 Å². The Morgan fingerprint density at radius 2 is 1.26 bits per heavy atom. The fourth-order valence-corrected chi connectivity index (χ4v) is 6.63. The molecule has 1 unspecified atom stereocenters. The minimum atomic E-state index is 0. The number of thiophene rings is 1. The molecule has 0 saturated heterocycles. The quantitative estimate of drug-likeness (QED) is 0.162. The molecule has 3 aromatic heterocycles. The second-order valence-electron chi connectivity index (χ2n) is 10.9. The van der Waals surface area contributed by atoms with Crippen LogP contribution in [0.5, 0.6) is 0 Å². The van der Waals surface area contributed by atoms with Gasteiger partial charge in [0.25, 0.3) is 0 Å². The molecule has 0 spiro atoms. The van der Waals surface area contributed by atoms with Crippen molar-refractivity contribution in [2.75, 3.05) is 0 Å². The normalized spacial score (nSPS) is 11.3. The Morgan fingerprint density at radius 1 is 0.543 bits per heavy atom. The van der Waals surface area contributed by atoms with E-state index in [0.29, 0.717) is 5.92 Å². The fourth-order valence-electron chi connectivity index (χ4n) is 5.56. The summed E-state index contributed by atoms with van der Waals surface area (Å²) < 4.78 is 2.59. The number of hydrogen-bond acceptors (Lipinski definition) is 3. The molecule has 0 aliphatic heterocycles. The van der Waals surface area contributed by atoms with Gasteiger partial charge in [-0.25, -0.2) is 0 Å². The molecule has 2 nitrogen and oxygen atoms in total. The number of aromatic nitrogens is 2. The van der Waals surface area contributed by atoms with Gasteiger partial charge in [0.05, 0.1) is 0 Å². The van der Waals surface area contributed by atoms with Crippen molar-refractivity contribution in [3.8, 4) is 33.6 Å². The Labute approximate surface area is 287 Å². The second-order valence-corrected chi connectivity index (χ2v) is 12.0. The maximum absolute atomic E-state index is 4.63. The van der Waals surface area contributed by atoms with Crippen molar-refractivity contribution in [2.45, 2.75) is 12.8 Å². The van der Waals surface area contributed by atoms with Crippen LogP contribution in [0, 0.1) is 12.1 Å². The van der Waals surface area contributed by atoms with Crippen molar-refractivity contribution in [1.29, 1.82) is 0 Å². The van der Waals surface area contributed by atoms with Crippen molar-refractivity contribution in [3.63, 3.8) is 0 Å². The predicted molar refractivity (Wildman–Crippen MR) is 189 cm³/mol. The summed E-state index contributed by atoms with van der Waals surface area (Å²) >= 11 is 1.82. The molecule has 3 heterocycles. The van der Waals surface area contributed by atoms with E-state index in [1.165, 1.54) is 42.4 Å². The van der Waals surface area contributed by atoms with Gasteiger partial charge in [0, 0.05) is 43.1 Å². The summed E-state index contributed by atoms with van der Waals surface area (Å²) in [6, 6.07) is 56.9. The van der Waals surface area contributed by atoms with Crippen molar-refractivity contribution in [1.82, 2.24) is 9.97 Å². The summed E-state index contributed by atoms with van der Waals surface area (Å²) in [5.74, 6) is 0.332. The standard InChI is InChI=1S/C25H18NS.C17H12N.Ir/c1-17(18-7-3-2-4-8-18)19-13-14-26-23(16-19)20-11-12-25-22(15-20)21-9-5-6-10-24(21)27-25;1-2-7-14(8-3-1)15-9-6-10-16(13-15)17-11-4-5-12-18-17;/h2-10,12-17H,1H3;1-9,11-13H;/q2*-1;. The molecular formula is C42H30IrN2S-2. The molecule has 5 aromatic carbocycles. The number of benzene rings is 5. The van der Waals surface area contributed by atoms with Gasteiger partial charge >= 0.3 is 0 Å². The fraction of sp³-hybridized carbons (Fsp3) is 0.0476. The predicted octanol–water partition coefficient (Wildman–Crippen LogP) is 11.3. The van der Waals surface area contributed by atoms with Crippen LogP contribution in [0.25, 0.3) is 53.8 Å². The van der Waals surface area contributed by atoms with E-state index < -0.39 is 0 Å². The Balaban J connectivity index is 0.000000171. The largest absolute Gasteiger partial charge is 0.305 e. The summed E-state index contributed by atoms with van der Waals surface area (Å²) in [6.07, 6.45) is 3.71. The van der Waals surface area contributed by atoms with Crippen LogP contribution in [-0.2, 0) is 20.1 Å². The minimum absolute atomic E-state index is 0. The zero-order chi connectivity index (χ0) is 30.4. The maximum Gasteiger partial charge on any atom is 0.0239 e. The van der Waals surface area contributed by atoms with E-state index in [1.54, 1.807) is 6.20 Å². The molecule has 1 radical (unpaired) electrons. The summed E-state index contributed by atoms with van der Waals surface area (Å²) in [5.41, 5.74) is 9.00. The van der Waals surface area contributed by atoms with Gasteiger partial charge in [-0.3, -0.25) is 0 Å². The Kier molecular flexibility index (Phi) is 9.91. The zero-order valence-electron chi connectivity index (χ0n) is 25.2. The number of rotatable bonds is 5. The van der Waals surface area contributed by atoms with Crippen molar-refractivity contribution >= 4 is 31.5 Å². The zero-order valence-corrected chi connectivity index (χ0v) is 28.4. The molecule has 0 saturated carbocycles. The van der Waals surface area contributed by atoms with Gasteiger partial charge in [-0.2, -0.15) is 11.3 Å². The average molecular weight is 787 g/mol. The van der Waals surface area contributed by atoms with Crippen LogP contribution >= 0.6 is 11.3 Å². The van der Waals surface area contributed by atoms with Crippen molar-refractivity contribution < 1.29 is 20.1 Å². The van der Waals surface area contributed by atoms with Crippen LogP contribution in [0.3, 0.4) is 0 Å². The van der Waals surface area contributed by atoms with Gasteiger partial charge < -0.3 is 9.97 Å². The molecule has 0 aliphatic rings. The van der Waals surface area contributed by atoms with Gasteiger partial charge in [0.1, 0.15) is 0 Å². The Bertz CT molecular complexity index is 2120. The number of pyridine rings is 2. The van der Waals surface area contributed by atoms with Gasteiger partial charge in [0.2, 0.25) is 0 Å². The molecule has 46 heavy (non-hydrogen) atoms. The van der Waals surface area contributed by atoms with E-state index in [9.17, 15) is 0 Å². The molecule has 4 heteroatoms. The van der Waals surface area contributed by atoms with E-state index >= 15 is 0 Å². The smallest absolute Gasteiger partial charge is 0.0239 e. The van der Waals surface area contributed by atoms with Gasteiger partial charge in [-0.1, -0.05) is 109 Å². The third-order valence-corrected chi connectivity index (χ3v) is 9.15. The minimum Gasteiger partial charge on any atom is -0.305 e. The topological polar surface area (TPSA) is 25.8 Å². The maximum atomic E-state index is 4.63. The summed E-state index contributed by atoms with van der Waals surface area (Å²) in [6.45, 7) is 2.24. The number of nitrogens with zero attached hydrogens (tertiary/aromatic N) is 2. The first-order valence-corrected chi connectivity index (χ1v) is 15.9. The third kappa shape index (κ3) is 6.90. The monoisotopic (exact) mass is 787 g/mol. The van der Waals surface area contributed by atoms with E-state index in [4.69, 9.17) is 0 Å². The van der Waals surface area contributed by atoms with Crippen LogP contribution in [0.1, 0.15) is 24.0 Å². The van der Waals surface area contributed by atoms with E-state index in [2.05, 4.69) is 132 Å². The first kappa shape index (κ1) is 31.3. The molecule has 8 rings (SSSR count). The number of hydrogen-bond donors (Lipinski definition) is 0. The van der Waals surface area contributed by atoms with Gasteiger partial charge in [0.15, 0.2) is 0 Å². The number of fused-ring (bicyclic) bond motifs is 3. The van der Waals surface area contributed by atoms with Crippen LogP contribution in [-0.4, -0.2) is 9.97 Å². The molecule has 1 atom stereocenters. The first-order chi connectivity index (χ1) is 22.2. The van der Waals surface area contributed by atoms with Crippen LogP contribution in [0.4, 0.5) is 0 Å². The SMILES string of the molecule is CC(c1ccccc1)c1ccnc(-c2[c-]cc3sc4ccccc4c3c2)c1.[Ir].[c-]1ccc(-c2ccccc2)cc1-c1ccccn1. The first-order valence-electron chi connectivity index (χ1n) is 15.1. The molecule has 0 fully saturated rings. The second kappa shape index (κ2) is 14.6. The Hall–Kier alpha value is -4.73. The summed E-state index contributed by atoms with van der Waals surface area (Å²) in [7, 11) is 0. The molecule has 0 bridgehead atoms. The molecule has 0 amide bonds. The molecular weight excluding hydrogens is 757 g/mol. The molecule has 225 valence electrons. The average Bonchev–Trinajstić information content (AvgIpc) is 3.51. The van der Waals surface area contributed by atoms with E-state index in [-0.39, 0.29) is 20.1 Å². The third-order valence-electron chi connectivity index (χ3n) is 8.02. The summed E-state index contributed by atoms with van der Waals surface area (Å²) in [4.78, 5) is 8.98. The van der Waals surface area contributed by atoms with E-state index in [1.807, 2.05) is 60.0 Å². The van der Waals surface area contributed by atoms with Crippen molar-refractivity contribution in [2.24, 2.45) is 0 Å². The van der Waals surface area contributed by atoms with Crippen LogP contribution < -0.4 is 0 Å². The molecule has 0 N–H and O–H groups in total.